The molecule has 34 heavy (non-hydrogen) atoms. The second-order valence-electron chi connectivity index (χ2n) is 9.76. The minimum Gasteiger partial charge on any atom is -0.423 e. The maximum atomic E-state index is 13.4. The monoisotopic (exact) mass is 461 g/mol. The third-order valence-corrected chi connectivity index (χ3v) is 6.08. The van der Waals surface area contributed by atoms with Crippen LogP contribution in [0.2, 0.25) is 0 Å². The summed E-state index contributed by atoms with van der Waals surface area (Å²) in [6.45, 7) is 9.27. The van der Waals surface area contributed by atoms with Crippen LogP contribution in [0.25, 0.3) is 11.0 Å². The predicted octanol–water partition coefficient (Wildman–Crippen LogP) is 4.02. The summed E-state index contributed by atoms with van der Waals surface area (Å²) in [5.74, 6) is -0.663. The van der Waals surface area contributed by atoms with Crippen molar-refractivity contribution in [2.75, 3.05) is 5.32 Å². The SMILES string of the molecule is CC(=O)Nc1ccc2c(CN3C(=O)NC(C)(c4ccc(C(C)(C)C)cc4)C3=O)cc(=O)oc2c1. The zero-order chi connectivity index (χ0) is 24.8. The van der Waals surface area contributed by atoms with Crippen LogP contribution in [0.1, 0.15) is 51.3 Å². The van der Waals surface area contributed by atoms with Crippen molar-refractivity contribution in [2.24, 2.45) is 0 Å². The first-order valence-corrected chi connectivity index (χ1v) is 11.0. The molecule has 4 amide bonds. The molecule has 1 saturated heterocycles. The average Bonchev–Trinajstić information content (AvgIpc) is 2.96. The van der Waals surface area contributed by atoms with Gasteiger partial charge in [-0.3, -0.25) is 14.5 Å². The van der Waals surface area contributed by atoms with Crippen molar-refractivity contribution in [1.29, 1.82) is 0 Å². The Labute approximate surface area is 196 Å². The quantitative estimate of drug-likeness (QED) is 0.451. The van der Waals surface area contributed by atoms with Crippen LogP contribution in [0.5, 0.6) is 0 Å². The first-order valence-electron chi connectivity index (χ1n) is 11.0. The lowest BCUT2D eigenvalue weighted by atomic mass is 9.84. The van der Waals surface area contributed by atoms with Crippen LogP contribution < -0.4 is 16.3 Å². The standard InChI is InChI=1S/C26H27N3O5/c1-15(30)27-19-10-11-20-16(12-22(31)34-21(20)13-19)14-29-23(32)26(5,28-24(29)33)18-8-6-17(7-9-18)25(2,3)4/h6-13H,14H2,1-5H3,(H,27,30)(H,28,33). The molecule has 176 valence electrons. The van der Waals surface area contributed by atoms with Crippen molar-refractivity contribution < 1.29 is 18.8 Å². The molecule has 3 aromatic rings. The second kappa shape index (κ2) is 8.13. The number of carbonyl (C=O) groups is 3. The Bertz CT molecular complexity index is 1370. The summed E-state index contributed by atoms with van der Waals surface area (Å²) in [4.78, 5) is 50.9. The maximum Gasteiger partial charge on any atom is 0.336 e. The Kier molecular flexibility index (Phi) is 5.55. The number of urea groups is 1. The van der Waals surface area contributed by atoms with E-state index in [0.717, 1.165) is 10.5 Å². The van der Waals surface area contributed by atoms with Crippen molar-refractivity contribution in [1.82, 2.24) is 10.2 Å². The first-order chi connectivity index (χ1) is 15.9. The number of nitrogens with zero attached hydrogens (tertiary/aromatic N) is 1. The predicted molar refractivity (Wildman–Crippen MR) is 128 cm³/mol. The van der Waals surface area contributed by atoms with Crippen molar-refractivity contribution in [3.63, 3.8) is 0 Å². The summed E-state index contributed by atoms with van der Waals surface area (Å²) in [5.41, 5.74) is 1.12. The highest BCUT2D eigenvalue weighted by Crippen LogP contribution is 2.32. The maximum absolute atomic E-state index is 13.4. The third kappa shape index (κ3) is 4.19. The van der Waals surface area contributed by atoms with Gasteiger partial charge < -0.3 is 15.1 Å². The highest BCUT2D eigenvalue weighted by Gasteiger charge is 2.49. The number of rotatable bonds is 4. The molecule has 1 fully saturated rings. The third-order valence-electron chi connectivity index (χ3n) is 6.08. The van der Waals surface area contributed by atoms with Crippen molar-refractivity contribution in [3.8, 4) is 0 Å². The molecular weight excluding hydrogens is 434 g/mol. The Morgan fingerprint density at radius 1 is 1.06 bits per heavy atom. The van der Waals surface area contributed by atoms with Gasteiger partial charge in [0.1, 0.15) is 11.1 Å². The van der Waals surface area contributed by atoms with Crippen molar-refractivity contribution in [2.45, 2.75) is 52.1 Å². The van der Waals surface area contributed by atoms with Gasteiger partial charge >= 0.3 is 11.7 Å². The minimum atomic E-state index is -1.22. The molecule has 1 aliphatic rings. The topological polar surface area (TPSA) is 109 Å². The molecule has 1 aliphatic heterocycles. The number of imide groups is 1. The number of carbonyl (C=O) groups excluding carboxylic acids is 3. The van der Waals surface area contributed by atoms with E-state index < -0.39 is 23.1 Å². The highest BCUT2D eigenvalue weighted by molar-refractivity contribution is 6.07. The Morgan fingerprint density at radius 3 is 2.35 bits per heavy atom. The summed E-state index contributed by atoms with van der Waals surface area (Å²) in [6.07, 6.45) is 0. The van der Waals surface area contributed by atoms with Crippen LogP contribution in [-0.2, 0) is 27.1 Å². The van der Waals surface area contributed by atoms with Crippen LogP contribution in [-0.4, -0.2) is 22.7 Å². The number of hydrogen-bond acceptors (Lipinski definition) is 5. The molecule has 2 aromatic carbocycles. The number of nitrogens with one attached hydrogen (secondary N) is 2. The van der Waals surface area contributed by atoms with E-state index in [-0.39, 0.29) is 23.4 Å². The van der Waals surface area contributed by atoms with E-state index in [1.54, 1.807) is 19.1 Å². The van der Waals surface area contributed by atoms with E-state index in [1.165, 1.54) is 19.1 Å². The Balaban J connectivity index is 1.66. The number of fused-ring (bicyclic) bond motifs is 1. The lowest BCUT2D eigenvalue weighted by Gasteiger charge is -2.24. The van der Waals surface area contributed by atoms with Gasteiger partial charge in [-0.25, -0.2) is 9.59 Å². The summed E-state index contributed by atoms with van der Waals surface area (Å²) < 4.78 is 5.28. The molecule has 0 aliphatic carbocycles. The summed E-state index contributed by atoms with van der Waals surface area (Å²) in [5, 5.41) is 6.01. The van der Waals surface area contributed by atoms with Gasteiger partial charge in [0.15, 0.2) is 0 Å². The average molecular weight is 462 g/mol. The van der Waals surface area contributed by atoms with Gasteiger partial charge in [0.2, 0.25) is 5.91 Å². The van der Waals surface area contributed by atoms with E-state index >= 15 is 0 Å². The zero-order valence-corrected chi connectivity index (χ0v) is 19.8. The molecule has 0 radical (unpaired) electrons. The lowest BCUT2D eigenvalue weighted by molar-refractivity contribution is -0.131. The molecule has 8 nitrogen and oxygen atoms in total. The second-order valence-corrected chi connectivity index (χ2v) is 9.76. The van der Waals surface area contributed by atoms with Crippen LogP contribution >= 0.6 is 0 Å². The molecule has 1 unspecified atom stereocenters. The molecule has 4 rings (SSSR count). The number of hydrogen-bond donors (Lipinski definition) is 2. The van der Waals surface area contributed by atoms with E-state index in [1.807, 2.05) is 24.3 Å². The normalized spacial score (nSPS) is 18.3. The molecule has 2 N–H and O–H groups in total. The van der Waals surface area contributed by atoms with Crippen LogP contribution in [0, 0.1) is 0 Å². The number of anilines is 1. The molecule has 0 saturated carbocycles. The van der Waals surface area contributed by atoms with Crippen molar-refractivity contribution in [3.05, 3.63) is 75.6 Å². The van der Waals surface area contributed by atoms with Gasteiger partial charge in [0, 0.05) is 30.1 Å². The van der Waals surface area contributed by atoms with Gasteiger partial charge in [-0.1, -0.05) is 45.0 Å². The van der Waals surface area contributed by atoms with Crippen LogP contribution in [0.3, 0.4) is 0 Å². The largest absolute Gasteiger partial charge is 0.423 e. The molecular formula is C26H27N3O5. The van der Waals surface area contributed by atoms with Gasteiger partial charge in [-0.05, 0) is 41.2 Å². The van der Waals surface area contributed by atoms with Crippen molar-refractivity contribution >= 4 is 34.5 Å². The molecule has 1 aromatic heterocycles. The fourth-order valence-electron chi connectivity index (χ4n) is 4.15. The van der Waals surface area contributed by atoms with Crippen LogP contribution in [0.15, 0.2) is 57.7 Å². The van der Waals surface area contributed by atoms with Crippen LogP contribution in [0.4, 0.5) is 10.5 Å². The van der Waals surface area contributed by atoms with E-state index in [4.69, 9.17) is 4.42 Å². The van der Waals surface area contributed by atoms with E-state index in [9.17, 15) is 19.2 Å². The summed E-state index contributed by atoms with van der Waals surface area (Å²) >= 11 is 0. The Morgan fingerprint density at radius 2 is 1.74 bits per heavy atom. The molecule has 2 heterocycles. The highest BCUT2D eigenvalue weighted by atomic mass is 16.4. The van der Waals surface area contributed by atoms with E-state index in [0.29, 0.717) is 22.2 Å². The molecule has 0 bridgehead atoms. The lowest BCUT2D eigenvalue weighted by Crippen LogP contribution is -2.40. The fourth-order valence-corrected chi connectivity index (χ4v) is 4.15. The fraction of sp³-hybridized carbons (Fsp3) is 0.308. The first kappa shape index (κ1) is 23.2. The van der Waals surface area contributed by atoms with E-state index in [2.05, 4.69) is 31.4 Å². The zero-order valence-electron chi connectivity index (χ0n) is 19.8. The molecule has 0 spiro atoms. The number of amides is 4. The smallest absolute Gasteiger partial charge is 0.336 e. The number of benzene rings is 2. The summed E-state index contributed by atoms with van der Waals surface area (Å²) in [6, 6.07) is 13.3. The summed E-state index contributed by atoms with van der Waals surface area (Å²) in [7, 11) is 0. The Hall–Kier alpha value is -3.94. The van der Waals surface area contributed by atoms with Gasteiger partial charge in [0.25, 0.3) is 5.91 Å². The molecule has 8 heteroatoms. The van der Waals surface area contributed by atoms with Gasteiger partial charge in [0.05, 0.1) is 6.54 Å². The molecule has 1 atom stereocenters. The van der Waals surface area contributed by atoms with Gasteiger partial charge in [-0.2, -0.15) is 0 Å². The minimum absolute atomic E-state index is 0.0380. The van der Waals surface area contributed by atoms with Gasteiger partial charge in [-0.15, -0.1) is 0 Å².